The average Bonchev–Trinajstić information content (AvgIpc) is 3.17. The molecule has 29 heavy (non-hydrogen) atoms. The number of para-hydroxylation sites is 2. The molecule has 0 radical (unpaired) electrons. The number of carbonyl (C=O) groups is 1. The zero-order valence-corrected chi connectivity index (χ0v) is 15.4. The molecular formula is C21H16N4O4. The fraction of sp³-hybridized carbons (Fsp3) is 0.0476. The number of nitro benzene ring substituents is 1. The second kappa shape index (κ2) is 7.43. The minimum atomic E-state index is -0.586. The molecule has 2 N–H and O–H groups in total. The standard InChI is InChI=1S/C21H16N4O4/c1-29-19-10-9-14(12-18(19)25(27)28)21(26)22-15-6-4-5-13(11-15)20-23-16-7-2-3-8-17(16)24-20/h2-12H,1H3,(H,22,26)(H,23,24). The maximum atomic E-state index is 12.6. The van der Waals surface area contributed by atoms with Gasteiger partial charge in [-0.2, -0.15) is 0 Å². The molecule has 8 heteroatoms. The van der Waals surface area contributed by atoms with Gasteiger partial charge in [0.05, 0.1) is 23.1 Å². The summed E-state index contributed by atoms with van der Waals surface area (Å²) in [6, 6.07) is 19.0. The molecule has 0 aliphatic rings. The van der Waals surface area contributed by atoms with Crippen LogP contribution >= 0.6 is 0 Å². The van der Waals surface area contributed by atoms with Gasteiger partial charge in [-0.1, -0.05) is 24.3 Å². The van der Waals surface area contributed by atoms with Crippen LogP contribution in [0.5, 0.6) is 5.75 Å². The molecule has 0 unspecified atom stereocenters. The minimum Gasteiger partial charge on any atom is -0.490 e. The number of amides is 1. The van der Waals surface area contributed by atoms with Gasteiger partial charge in [-0.25, -0.2) is 4.98 Å². The number of nitrogens with zero attached hydrogens (tertiary/aromatic N) is 2. The summed E-state index contributed by atoms with van der Waals surface area (Å²) in [7, 11) is 1.34. The molecule has 144 valence electrons. The first kappa shape index (κ1) is 18.2. The SMILES string of the molecule is COc1ccc(C(=O)Nc2cccc(-c3nc4ccccc4[nH]3)c2)cc1[N+](=O)[O-]. The van der Waals surface area contributed by atoms with E-state index in [1.165, 1.54) is 25.3 Å². The van der Waals surface area contributed by atoms with Gasteiger partial charge in [-0.3, -0.25) is 14.9 Å². The van der Waals surface area contributed by atoms with Gasteiger partial charge in [0, 0.05) is 22.9 Å². The van der Waals surface area contributed by atoms with Crippen molar-refractivity contribution >= 4 is 28.3 Å². The summed E-state index contributed by atoms with van der Waals surface area (Å²) in [4.78, 5) is 31.0. The van der Waals surface area contributed by atoms with E-state index in [0.29, 0.717) is 11.5 Å². The Morgan fingerprint density at radius 3 is 2.69 bits per heavy atom. The van der Waals surface area contributed by atoms with Crippen LogP contribution in [0, 0.1) is 10.1 Å². The number of aromatic nitrogens is 2. The number of H-pyrrole nitrogens is 1. The lowest BCUT2D eigenvalue weighted by atomic mass is 10.1. The normalized spacial score (nSPS) is 10.7. The zero-order chi connectivity index (χ0) is 20.4. The van der Waals surface area contributed by atoms with Crippen molar-refractivity contribution in [2.75, 3.05) is 12.4 Å². The largest absolute Gasteiger partial charge is 0.490 e. The number of benzene rings is 3. The predicted molar refractivity (Wildman–Crippen MR) is 109 cm³/mol. The zero-order valence-electron chi connectivity index (χ0n) is 15.4. The number of methoxy groups -OCH3 is 1. The number of anilines is 1. The van der Waals surface area contributed by atoms with Gasteiger partial charge in [0.1, 0.15) is 5.82 Å². The quantitative estimate of drug-likeness (QED) is 0.389. The Morgan fingerprint density at radius 1 is 1.10 bits per heavy atom. The van der Waals surface area contributed by atoms with Crippen molar-refractivity contribution in [3.05, 3.63) is 82.4 Å². The highest BCUT2D eigenvalue weighted by molar-refractivity contribution is 6.05. The van der Waals surface area contributed by atoms with Crippen molar-refractivity contribution in [2.45, 2.75) is 0 Å². The molecule has 0 bridgehead atoms. The molecule has 0 spiro atoms. The van der Waals surface area contributed by atoms with E-state index < -0.39 is 10.8 Å². The fourth-order valence-corrected chi connectivity index (χ4v) is 3.01. The second-order valence-electron chi connectivity index (χ2n) is 6.28. The van der Waals surface area contributed by atoms with Crippen LogP contribution in [0.2, 0.25) is 0 Å². The molecule has 8 nitrogen and oxygen atoms in total. The molecule has 0 saturated heterocycles. The van der Waals surface area contributed by atoms with Crippen molar-refractivity contribution < 1.29 is 14.5 Å². The first-order chi connectivity index (χ1) is 14.0. The molecule has 1 heterocycles. The van der Waals surface area contributed by atoms with E-state index in [2.05, 4.69) is 15.3 Å². The van der Waals surface area contributed by atoms with Crippen LogP contribution < -0.4 is 10.1 Å². The Morgan fingerprint density at radius 2 is 1.93 bits per heavy atom. The number of carbonyl (C=O) groups excluding carboxylic acids is 1. The Hall–Kier alpha value is -4.20. The van der Waals surface area contributed by atoms with Gasteiger partial charge in [0.15, 0.2) is 5.75 Å². The number of aromatic amines is 1. The highest BCUT2D eigenvalue weighted by Crippen LogP contribution is 2.28. The smallest absolute Gasteiger partial charge is 0.311 e. The molecule has 0 aliphatic carbocycles. The van der Waals surface area contributed by atoms with Crippen LogP contribution in [0.1, 0.15) is 10.4 Å². The molecule has 3 aromatic carbocycles. The lowest BCUT2D eigenvalue weighted by molar-refractivity contribution is -0.385. The van der Waals surface area contributed by atoms with Crippen molar-refractivity contribution in [1.82, 2.24) is 9.97 Å². The summed E-state index contributed by atoms with van der Waals surface area (Å²) in [5.41, 5.74) is 3.01. The van der Waals surface area contributed by atoms with Gasteiger partial charge in [0.25, 0.3) is 5.91 Å². The third kappa shape index (κ3) is 3.63. The molecule has 4 aromatic rings. The first-order valence-electron chi connectivity index (χ1n) is 8.74. The summed E-state index contributed by atoms with van der Waals surface area (Å²) in [5, 5.41) is 13.9. The third-order valence-electron chi connectivity index (χ3n) is 4.42. The van der Waals surface area contributed by atoms with E-state index in [4.69, 9.17) is 4.74 Å². The van der Waals surface area contributed by atoms with Crippen LogP contribution in [-0.4, -0.2) is 27.9 Å². The minimum absolute atomic E-state index is 0.0958. The van der Waals surface area contributed by atoms with E-state index in [1.54, 1.807) is 18.2 Å². The Bertz CT molecular complexity index is 1200. The topological polar surface area (TPSA) is 110 Å². The highest BCUT2D eigenvalue weighted by Gasteiger charge is 2.18. The van der Waals surface area contributed by atoms with E-state index in [0.717, 1.165) is 16.6 Å². The van der Waals surface area contributed by atoms with E-state index in [-0.39, 0.29) is 17.0 Å². The van der Waals surface area contributed by atoms with Gasteiger partial charge < -0.3 is 15.0 Å². The number of hydrogen-bond donors (Lipinski definition) is 2. The molecule has 1 amide bonds. The van der Waals surface area contributed by atoms with Crippen LogP contribution in [-0.2, 0) is 0 Å². The Kier molecular flexibility index (Phi) is 4.66. The maximum absolute atomic E-state index is 12.6. The Balaban J connectivity index is 1.60. The molecule has 1 aromatic heterocycles. The number of nitrogens with one attached hydrogen (secondary N) is 2. The van der Waals surface area contributed by atoms with E-state index in [1.807, 2.05) is 30.3 Å². The van der Waals surface area contributed by atoms with Crippen LogP contribution in [0.3, 0.4) is 0 Å². The first-order valence-corrected chi connectivity index (χ1v) is 8.74. The van der Waals surface area contributed by atoms with Gasteiger partial charge in [-0.15, -0.1) is 0 Å². The Labute approximate surface area is 165 Å². The number of rotatable bonds is 5. The van der Waals surface area contributed by atoms with E-state index >= 15 is 0 Å². The number of fused-ring (bicyclic) bond motifs is 1. The van der Waals surface area contributed by atoms with Crippen LogP contribution in [0.25, 0.3) is 22.4 Å². The number of nitro groups is 1. The monoisotopic (exact) mass is 388 g/mol. The molecule has 0 atom stereocenters. The fourth-order valence-electron chi connectivity index (χ4n) is 3.01. The molecule has 0 aliphatic heterocycles. The second-order valence-corrected chi connectivity index (χ2v) is 6.28. The summed E-state index contributed by atoms with van der Waals surface area (Å²) < 4.78 is 4.97. The van der Waals surface area contributed by atoms with Gasteiger partial charge in [0.2, 0.25) is 0 Å². The van der Waals surface area contributed by atoms with Crippen molar-refractivity contribution in [2.24, 2.45) is 0 Å². The highest BCUT2D eigenvalue weighted by atomic mass is 16.6. The third-order valence-corrected chi connectivity index (χ3v) is 4.42. The van der Waals surface area contributed by atoms with Gasteiger partial charge in [-0.05, 0) is 36.4 Å². The number of imidazole rings is 1. The summed E-state index contributed by atoms with van der Waals surface area (Å²) >= 11 is 0. The molecular weight excluding hydrogens is 372 g/mol. The average molecular weight is 388 g/mol. The van der Waals surface area contributed by atoms with Crippen molar-refractivity contribution in [3.8, 4) is 17.1 Å². The predicted octanol–water partition coefficient (Wildman–Crippen LogP) is 4.40. The van der Waals surface area contributed by atoms with Crippen LogP contribution in [0.4, 0.5) is 11.4 Å². The summed E-state index contributed by atoms with van der Waals surface area (Å²) in [6.07, 6.45) is 0. The lowest BCUT2D eigenvalue weighted by Crippen LogP contribution is -2.12. The summed E-state index contributed by atoms with van der Waals surface area (Å²) in [5.74, 6) is 0.318. The lowest BCUT2D eigenvalue weighted by Gasteiger charge is -2.08. The molecule has 0 fully saturated rings. The van der Waals surface area contributed by atoms with Crippen LogP contribution in [0.15, 0.2) is 66.7 Å². The van der Waals surface area contributed by atoms with Gasteiger partial charge >= 0.3 is 5.69 Å². The molecule has 4 rings (SSSR count). The van der Waals surface area contributed by atoms with Crippen molar-refractivity contribution in [1.29, 1.82) is 0 Å². The molecule has 0 saturated carbocycles. The van der Waals surface area contributed by atoms with E-state index in [9.17, 15) is 14.9 Å². The summed E-state index contributed by atoms with van der Waals surface area (Å²) in [6.45, 7) is 0. The number of ether oxygens (including phenoxy) is 1. The van der Waals surface area contributed by atoms with Crippen molar-refractivity contribution in [3.63, 3.8) is 0 Å². The maximum Gasteiger partial charge on any atom is 0.311 e. The number of hydrogen-bond acceptors (Lipinski definition) is 5.